The van der Waals surface area contributed by atoms with Crippen molar-refractivity contribution in [3.63, 3.8) is 0 Å². The first-order chi connectivity index (χ1) is 10.2. The minimum Gasteiger partial charge on any atom is -0.449 e. The summed E-state index contributed by atoms with van der Waals surface area (Å²) in [5, 5.41) is 2.78. The van der Waals surface area contributed by atoms with Crippen LogP contribution in [0.2, 0.25) is 5.02 Å². The maximum Gasteiger partial charge on any atom is 0.340 e. The Morgan fingerprint density at radius 2 is 2.00 bits per heavy atom. The van der Waals surface area contributed by atoms with E-state index in [1.165, 1.54) is 19.1 Å². The lowest BCUT2D eigenvalue weighted by atomic mass is 10.2. The van der Waals surface area contributed by atoms with Crippen LogP contribution in [-0.4, -0.2) is 38.7 Å². The first-order valence-corrected chi connectivity index (χ1v) is 8.96. The molecule has 2 rings (SSSR count). The predicted octanol–water partition coefficient (Wildman–Crippen LogP) is 1.57. The number of rotatable bonds is 5. The van der Waals surface area contributed by atoms with Crippen LogP contribution in [0.3, 0.4) is 0 Å². The molecule has 1 aliphatic rings. The summed E-state index contributed by atoms with van der Waals surface area (Å²) in [4.78, 5) is 23.8. The molecule has 1 aromatic rings. The average molecular weight is 346 g/mol. The highest BCUT2D eigenvalue weighted by Crippen LogP contribution is 2.22. The third-order valence-electron chi connectivity index (χ3n) is 3.16. The van der Waals surface area contributed by atoms with Crippen molar-refractivity contribution in [2.75, 3.05) is 6.26 Å². The van der Waals surface area contributed by atoms with Crippen molar-refractivity contribution in [2.24, 2.45) is 0 Å². The maximum atomic E-state index is 12.1. The van der Waals surface area contributed by atoms with Gasteiger partial charge in [0.15, 0.2) is 15.9 Å². The number of carbonyl (C=O) groups excluding carboxylic acids is 2. The Balaban J connectivity index is 2.12. The van der Waals surface area contributed by atoms with Gasteiger partial charge in [0.1, 0.15) is 0 Å². The highest BCUT2D eigenvalue weighted by molar-refractivity contribution is 7.90. The molecule has 0 saturated heterocycles. The van der Waals surface area contributed by atoms with Crippen molar-refractivity contribution < 1.29 is 22.7 Å². The van der Waals surface area contributed by atoms with Gasteiger partial charge in [-0.25, -0.2) is 13.2 Å². The Kier molecular flexibility index (Phi) is 4.77. The fraction of sp³-hybridized carbons (Fsp3) is 0.429. The van der Waals surface area contributed by atoms with E-state index in [1.807, 2.05) is 0 Å². The Morgan fingerprint density at radius 3 is 2.55 bits per heavy atom. The number of ether oxygens (including phenoxy) is 1. The van der Waals surface area contributed by atoms with E-state index < -0.39 is 21.9 Å². The highest BCUT2D eigenvalue weighted by atomic mass is 35.5. The number of hydrogen-bond acceptors (Lipinski definition) is 5. The van der Waals surface area contributed by atoms with Crippen molar-refractivity contribution in [3.05, 3.63) is 28.8 Å². The topological polar surface area (TPSA) is 89.5 Å². The molecule has 1 amide bonds. The molecule has 0 aromatic heterocycles. The van der Waals surface area contributed by atoms with E-state index in [0.717, 1.165) is 25.2 Å². The van der Waals surface area contributed by atoms with Crippen LogP contribution >= 0.6 is 11.6 Å². The van der Waals surface area contributed by atoms with Crippen molar-refractivity contribution in [2.45, 2.75) is 36.8 Å². The van der Waals surface area contributed by atoms with E-state index in [0.29, 0.717) is 0 Å². The molecule has 0 bridgehead atoms. The Bertz CT molecular complexity index is 712. The van der Waals surface area contributed by atoms with Crippen molar-refractivity contribution in [1.82, 2.24) is 5.32 Å². The zero-order chi connectivity index (χ0) is 16.5. The monoisotopic (exact) mass is 345 g/mol. The zero-order valence-corrected chi connectivity index (χ0v) is 13.7. The number of benzene rings is 1. The predicted molar refractivity (Wildman–Crippen MR) is 80.6 cm³/mol. The third kappa shape index (κ3) is 4.20. The molecule has 22 heavy (non-hydrogen) atoms. The summed E-state index contributed by atoms with van der Waals surface area (Å²) >= 11 is 5.90. The fourth-order valence-electron chi connectivity index (χ4n) is 1.72. The summed E-state index contributed by atoms with van der Waals surface area (Å²) in [6.07, 6.45) is 1.89. The number of halogens is 1. The molecule has 0 radical (unpaired) electrons. The number of sulfone groups is 1. The van der Waals surface area contributed by atoms with E-state index in [1.54, 1.807) is 0 Å². The van der Waals surface area contributed by atoms with Gasteiger partial charge in [0, 0.05) is 12.3 Å². The Hall–Kier alpha value is -1.60. The summed E-state index contributed by atoms with van der Waals surface area (Å²) in [6, 6.07) is 3.91. The molecule has 1 fully saturated rings. The van der Waals surface area contributed by atoms with Gasteiger partial charge in [-0.1, -0.05) is 11.6 Å². The van der Waals surface area contributed by atoms with Crippen LogP contribution in [0.1, 0.15) is 30.1 Å². The normalized spacial score (nSPS) is 16.0. The van der Waals surface area contributed by atoms with E-state index in [4.69, 9.17) is 16.3 Å². The van der Waals surface area contributed by atoms with Gasteiger partial charge >= 0.3 is 5.97 Å². The number of esters is 1. The first kappa shape index (κ1) is 16.8. The molecule has 6 nitrogen and oxygen atoms in total. The van der Waals surface area contributed by atoms with Crippen LogP contribution in [0, 0.1) is 0 Å². The molecule has 1 aromatic carbocycles. The largest absolute Gasteiger partial charge is 0.449 e. The van der Waals surface area contributed by atoms with Crippen LogP contribution in [0.4, 0.5) is 0 Å². The average Bonchev–Trinajstić information content (AvgIpc) is 3.21. The van der Waals surface area contributed by atoms with Crippen LogP contribution < -0.4 is 5.32 Å². The molecule has 1 N–H and O–H groups in total. The van der Waals surface area contributed by atoms with Gasteiger partial charge < -0.3 is 10.1 Å². The number of amides is 1. The van der Waals surface area contributed by atoms with Gasteiger partial charge in [0.25, 0.3) is 5.91 Å². The lowest BCUT2D eigenvalue weighted by molar-refractivity contribution is -0.129. The third-order valence-corrected chi connectivity index (χ3v) is 4.60. The van der Waals surface area contributed by atoms with Gasteiger partial charge in [-0.3, -0.25) is 4.79 Å². The van der Waals surface area contributed by atoms with E-state index in [-0.39, 0.29) is 27.4 Å². The van der Waals surface area contributed by atoms with Crippen molar-refractivity contribution >= 4 is 33.3 Å². The van der Waals surface area contributed by atoms with E-state index in [9.17, 15) is 18.0 Å². The molecule has 0 aliphatic heterocycles. The number of nitrogens with one attached hydrogen (secondary N) is 1. The van der Waals surface area contributed by atoms with Crippen molar-refractivity contribution in [3.8, 4) is 0 Å². The van der Waals surface area contributed by atoms with Crippen LogP contribution in [0.5, 0.6) is 0 Å². The second-order valence-electron chi connectivity index (χ2n) is 5.24. The minimum atomic E-state index is -3.47. The molecular formula is C14H16ClNO5S. The first-order valence-electron chi connectivity index (χ1n) is 6.69. The molecule has 1 saturated carbocycles. The second-order valence-corrected chi connectivity index (χ2v) is 7.67. The van der Waals surface area contributed by atoms with Crippen molar-refractivity contribution in [1.29, 1.82) is 0 Å². The molecule has 0 unspecified atom stereocenters. The van der Waals surface area contributed by atoms with E-state index >= 15 is 0 Å². The zero-order valence-electron chi connectivity index (χ0n) is 12.1. The van der Waals surface area contributed by atoms with Crippen LogP contribution in [-0.2, 0) is 19.4 Å². The van der Waals surface area contributed by atoms with Gasteiger partial charge in [0.2, 0.25) is 0 Å². The van der Waals surface area contributed by atoms with Gasteiger partial charge in [-0.2, -0.15) is 0 Å². The molecule has 1 aliphatic carbocycles. The lowest BCUT2D eigenvalue weighted by Gasteiger charge is -2.14. The van der Waals surface area contributed by atoms with E-state index in [2.05, 4.69) is 5.32 Å². The quantitative estimate of drug-likeness (QED) is 0.818. The second kappa shape index (κ2) is 6.26. The van der Waals surface area contributed by atoms with Gasteiger partial charge in [-0.15, -0.1) is 0 Å². The highest BCUT2D eigenvalue weighted by Gasteiger charge is 2.28. The minimum absolute atomic E-state index is 0.0427. The van der Waals surface area contributed by atoms with Gasteiger partial charge in [-0.05, 0) is 38.0 Å². The van der Waals surface area contributed by atoms with Gasteiger partial charge in [0.05, 0.1) is 15.5 Å². The molecule has 0 spiro atoms. The van der Waals surface area contributed by atoms with Crippen LogP contribution in [0.25, 0.3) is 0 Å². The summed E-state index contributed by atoms with van der Waals surface area (Å²) in [5.74, 6) is -1.22. The van der Waals surface area contributed by atoms with Crippen LogP contribution in [0.15, 0.2) is 23.1 Å². The Morgan fingerprint density at radius 1 is 1.36 bits per heavy atom. The molecule has 8 heteroatoms. The fourth-order valence-corrected chi connectivity index (χ4v) is 2.56. The number of carbonyl (C=O) groups is 2. The summed E-state index contributed by atoms with van der Waals surface area (Å²) < 4.78 is 28.1. The molecular weight excluding hydrogens is 330 g/mol. The Labute approximate surface area is 133 Å². The SMILES string of the molecule is C[C@H](OC(=O)c1cc(S(C)(=O)=O)ccc1Cl)C(=O)NC1CC1. The molecule has 0 heterocycles. The summed E-state index contributed by atoms with van der Waals surface area (Å²) in [7, 11) is -3.47. The summed E-state index contributed by atoms with van der Waals surface area (Å²) in [5.41, 5.74) is -0.0873. The smallest absolute Gasteiger partial charge is 0.340 e. The lowest BCUT2D eigenvalue weighted by Crippen LogP contribution is -2.37. The standard InChI is InChI=1S/C14H16ClNO5S/c1-8(13(17)16-9-3-4-9)21-14(18)11-7-10(22(2,19)20)5-6-12(11)15/h5-9H,3-4H2,1-2H3,(H,16,17)/t8-/m0/s1. The molecule has 1 atom stereocenters. The maximum absolute atomic E-state index is 12.1. The molecule has 120 valence electrons. The number of hydrogen-bond donors (Lipinski definition) is 1. The summed E-state index contributed by atoms with van der Waals surface area (Å²) in [6.45, 7) is 1.45.